The number of rotatable bonds is 6. The molecule has 0 bridgehead atoms. The first kappa shape index (κ1) is 21.2. The minimum Gasteiger partial charge on any atom is -0.476 e. The maximum absolute atomic E-state index is 13.2. The highest BCUT2D eigenvalue weighted by atomic mass is 16.5. The summed E-state index contributed by atoms with van der Waals surface area (Å²) in [7, 11) is 0. The number of para-hydroxylation sites is 2. The highest BCUT2D eigenvalue weighted by molar-refractivity contribution is 5.89. The van der Waals surface area contributed by atoms with Crippen molar-refractivity contribution < 1.29 is 19.0 Å². The highest BCUT2D eigenvalue weighted by Gasteiger charge is 2.32. The van der Waals surface area contributed by atoms with Crippen LogP contribution in [0.25, 0.3) is 0 Å². The number of fused-ring (bicyclic) bond motifs is 2. The lowest BCUT2D eigenvalue weighted by molar-refractivity contribution is -0.121. The molecular formula is C25H26N4O4. The molecule has 1 saturated heterocycles. The first-order valence-corrected chi connectivity index (χ1v) is 11.1. The number of anilines is 1. The molecule has 8 nitrogen and oxygen atoms in total. The molecule has 0 spiro atoms. The van der Waals surface area contributed by atoms with E-state index in [9.17, 15) is 4.79 Å². The Kier molecular flexibility index (Phi) is 6.08. The van der Waals surface area contributed by atoms with Crippen molar-refractivity contribution in [3.8, 4) is 17.4 Å². The van der Waals surface area contributed by atoms with Gasteiger partial charge >= 0.3 is 0 Å². The fraction of sp³-hybridized carbons (Fsp3) is 0.320. The van der Waals surface area contributed by atoms with Gasteiger partial charge in [0.15, 0.2) is 0 Å². The van der Waals surface area contributed by atoms with Crippen LogP contribution >= 0.6 is 0 Å². The number of carbonyl (C=O) groups excluding carboxylic acids is 1. The zero-order valence-corrected chi connectivity index (χ0v) is 18.5. The summed E-state index contributed by atoms with van der Waals surface area (Å²) in [6, 6.07) is 17.1. The SMILES string of the molecule is Cc1nc(OCCNC(=O)C2c3ccccc3Oc3ccccc32)cc(N2CCOCC2)n1. The molecule has 0 aliphatic carbocycles. The second-order valence-electron chi connectivity index (χ2n) is 7.96. The van der Waals surface area contributed by atoms with E-state index in [1.807, 2.05) is 61.5 Å². The van der Waals surface area contributed by atoms with Gasteiger partial charge in [-0.1, -0.05) is 36.4 Å². The van der Waals surface area contributed by atoms with Gasteiger partial charge in [0, 0.05) is 30.3 Å². The first-order chi connectivity index (χ1) is 16.2. The maximum atomic E-state index is 13.2. The summed E-state index contributed by atoms with van der Waals surface area (Å²) in [6.45, 7) is 5.46. The molecule has 33 heavy (non-hydrogen) atoms. The molecule has 2 aromatic carbocycles. The van der Waals surface area contributed by atoms with Crippen molar-refractivity contribution in [2.24, 2.45) is 0 Å². The molecule has 3 aromatic rings. The summed E-state index contributed by atoms with van der Waals surface area (Å²) in [5.41, 5.74) is 1.72. The Morgan fingerprint density at radius 3 is 2.42 bits per heavy atom. The van der Waals surface area contributed by atoms with Crippen molar-refractivity contribution >= 4 is 11.7 Å². The van der Waals surface area contributed by atoms with E-state index < -0.39 is 5.92 Å². The van der Waals surface area contributed by atoms with E-state index in [1.54, 1.807) is 0 Å². The Hall–Kier alpha value is -3.65. The second-order valence-corrected chi connectivity index (χ2v) is 7.96. The Labute approximate surface area is 192 Å². The summed E-state index contributed by atoms with van der Waals surface area (Å²) in [4.78, 5) is 24.2. The lowest BCUT2D eigenvalue weighted by atomic mass is 9.87. The highest BCUT2D eigenvalue weighted by Crippen LogP contribution is 2.43. The van der Waals surface area contributed by atoms with Crippen LogP contribution in [0.2, 0.25) is 0 Å². The minimum atomic E-state index is -0.430. The van der Waals surface area contributed by atoms with Crippen LogP contribution in [-0.4, -0.2) is 55.3 Å². The zero-order chi connectivity index (χ0) is 22.6. The van der Waals surface area contributed by atoms with Crippen molar-refractivity contribution in [2.75, 3.05) is 44.4 Å². The van der Waals surface area contributed by atoms with Crippen LogP contribution in [0, 0.1) is 6.92 Å². The lowest BCUT2D eigenvalue weighted by Crippen LogP contribution is -2.37. The molecule has 5 rings (SSSR count). The van der Waals surface area contributed by atoms with Crippen molar-refractivity contribution in [1.82, 2.24) is 15.3 Å². The number of ether oxygens (including phenoxy) is 3. The average molecular weight is 447 g/mol. The number of nitrogens with zero attached hydrogens (tertiary/aromatic N) is 3. The number of morpholine rings is 1. The van der Waals surface area contributed by atoms with Crippen LogP contribution in [0.15, 0.2) is 54.6 Å². The van der Waals surface area contributed by atoms with Gasteiger partial charge in [-0.2, -0.15) is 4.98 Å². The van der Waals surface area contributed by atoms with Gasteiger partial charge in [0.1, 0.15) is 29.7 Å². The van der Waals surface area contributed by atoms with E-state index in [2.05, 4.69) is 20.2 Å². The normalized spacial score (nSPS) is 15.2. The summed E-state index contributed by atoms with van der Waals surface area (Å²) in [6.07, 6.45) is 0. The Morgan fingerprint density at radius 2 is 1.73 bits per heavy atom. The molecule has 2 aliphatic rings. The van der Waals surface area contributed by atoms with Crippen molar-refractivity contribution in [2.45, 2.75) is 12.8 Å². The monoisotopic (exact) mass is 446 g/mol. The number of benzene rings is 2. The van der Waals surface area contributed by atoms with E-state index in [4.69, 9.17) is 14.2 Å². The number of carbonyl (C=O) groups is 1. The molecule has 1 amide bonds. The number of nitrogens with one attached hydrogen (secondary N) is 1. The van der Waals surface area contributed by atoms with Gasteiger partial charge in [-0.15, -0.1) is 0 Å². The van der Waals surface area contributed by atoms with Gasteiger partial charge < -0.3 is 24.4 Å². The molecule has 0 radical (unpaired) electrons. The van der Waals surface area contributed by atoms with E-state index in [1.165, 1.54) is 0 Å². The maximum Gasteiger partial charge on any atom is 0.232 e. The topological polar surface area (TPSA) is 85.8 Å². The van der Waals surface area contributed by atoms with Crippen LogP contribution in [0.5, 0.6) is 17.4 Å². The molecule has 1 N–H and O–H groups in total. The van der Waals surface area contributed by atoms with Gasteiger partial charge in [0.05, 0.1) is 25.7 Å². The fourth-order valence-electron chi connectivity index (χ4n) is 4.18. The van der Waals surface area contributed by atoms with Crippen LogP contribution in [0.4, 0.5) is 5.82 Å². The minimum absolute atomic E-state index is 0.0883. The third-order valence-electron chi connectivity index (χ3n) is 5.73. The Bertz CT molecular complexity index is 1100. The standard InChI is InChI=1S/C25H26N4O4/c1-17-27-22(29-11-14-31-15-12-29)16-23(28-17)32-13-10-26-25(30)24-18-6-2-4-8-20(18)33-21-9-5-3-7-19(21)24/h2-9,16,24H,10-15H2,1H3,(H,26,30). The lowest BCUT2D eigenvalue weighted by Gasteiger charge is -2.28. The number of hydrogen-bond donors (Lipinski definition) is 1. The molecule has 1 aromatic heterocycles. The quantitative estimate of drug-likeness (QED) is 0.583. The van der Waals surface area contributed by atoms with Crippen molar-refractivity contribution in [1.29, 1.82) is 0 Å². The first-order valence-electron chi connectivity index (χ1n) is 11.1. The fourth-order valence-corrected chi connectivity index (χ4v) is 4.18. The molecule has 8 heteroatoms. The van der Waals surface area contributed by atoms with Crippen LogP contribution in [0.1, 0.15) is 22.9 Å². The molecule has 2 aliphatic heterocycles. The third kappa shape index (κ3) is 4.61. The largest absolute Gasteiger partial charge is 0.476 e. The van der Waals surface area contributed by atoms with E-state index in [0.29, 0.717) is 49.6 Å². The smallest absolute Gasteiger partial charge is 0.232 e. The Balaban J connectivity index is 1.23. The van der Waals surface area contributed by atoms with Crippen LogP contribution < -0.4 is 19.7 Å². The summed E-state index contributed by atoms with van der Waals surface area (Å²) < 4.78 is 17.2. The van der Waals surface area contributed by atoms with Gasteiger partial charge in [-0.05, 0) is 19.1 Å². The van der Waals surface area contributed by atoms with E-state index >= 15 is 0 Å². The van der Waals surface area contributed by atoms with Gasteiger partial charge in [0.25, 0.3) is 0 Å². The van der Waals surface area contributed by atoms with Gasteiger partial charge in [0.2, 0.25) is 11.8 Å². The average Bonchev–Trinajstić information content (AvgIpc) is 2.85. The second kappa shape index (κ2) is 9.46. The molecule has 170 valence electrons. The van der Waals surface area contributed by atoms with Crippen LogP contribution in [-0.2, 0) is 9.53 Å². The van der Waals surface area contributed by atoms with Crippen molar-refractivity contribution in [3.63, 3.8) is 0 Å². The zero-order valence-electron chi connectivity index (χ0n) is 18.5. The van der Waals surface area contributed by atoms with Crippen molar-refractivity contribution in [3.05, 3.63) is 71.5 Å². The van der Waals surface area contributed by atoms with Gasteiger partial charge in [-0.25, -0.2) is 4.98 Å². The Morgan fingerprint density at radius 1 is 1.06 bits per heavy atom. The molecule has 3 heterocycles. The molecule has 0 saturated carbocycles. The molecule has 0 unspecified atom stereocenters. The third-order valence-corrected chi connectivity index (χ3v) is 5.73. The number of hydrogen-bond acceptors (Lipinski definition) is 7. The predicted octanol–water partition coefficient (Wildman–Crippen LogP) is 3.05. The van der Waals surface area contributed by atoms with E-state index in [-0.39, 0.29) is 5.91 Å². The molecule has 0 atom stereocenters. The summed E-state index contributed by atoms with van der Waals surface area (Å²) >= 11 is 0. The predicted molar refractivity (Wildman–Crippen MR) is 123 cm³/mol. The number of aromatic nitrogens is 2. The molecule has 1 fully saturated rings. The van der Waals surface area contributed by atoms with E-state index in [0.717, 1.165) is 30.0 Å². The number of amides is 1. The van der Waals surface area contributed by atoms with Crippen LogP contribution in [0.3, 0.4) is 0 Å². The molecular weight excluding hydrogens is 420 g/mol. The summed E-state index contributed by atoms with van der Waals surface area (Å²) in [5, 5.41) is 3.01. The summed E-state index contributed by atoms with van der Waals surface area (Å²) in [5.74, 6) is 2.88. The van der Waals surface area contributed by atoms with Gasteiger partial charge in [-0.3, -0.25) is 4.79 Å². The number of aryl methyl sites for hydroxylation is 1.